The van der Waals surface area contributed by atoms with E-state index in [2.05, 4.69) is 63.3 Å². The second kappa shape index (κ2) is 5.92. The maximum Gasteiger partial charge on any atom is 0.0294 e. The van der Waals surface area contributed by atoms with Crippen molar-refractivity contribution in [1.82, 2.24) is 5.32 Å². The van der Waals surface area contributed by atoms with E-state index < -0.39 is 0 Å². The van der Waals surface area contributed by atoms with Gasteiger partial charge in [-0.2, -0.15) is 0 Å². The van der Waals surface area contributed by atoms with Gasteiger partial charge in [-0.3, -0.25) is 0 Å². The molecule has 1 aromatic carbocycles. The first-order valence-corrected chi connectivity index (χ1v) is 5.96. The third-order valence-electron chi connectivity index (χ3n) is 3.01. The van der Waals surface area contributed by atoms with E-state index in [0.29, 0.717) is 18.0 Å². The molecular formula is C14H23N. The third-order valence-corrected chi connectivity index (χ3v) is 3.01. The highest BCUT2D eigenvalue weighted by Gasteiger charge is 2.14. The summed E-state index contributed by atoms with van der Waals surface area (Å²) in [6.07, 6.45) is 1.19. The van der Waals surface area contributed by atoms with Crippen LogP contribution in [-0.2, 0) is 0 Å². The molecule has 0 aromatic heterocycles. The molecule has 0 fully saturated rings. The molecule has 0 aliphatic heterocycles. The van der Waals surface area contributed by atoms with Crippen LogP contribution in [-0.4, -0.2) is 6.04 Å². The predicted octanol–water partition coefficient (Wildman–Crippen LogP) is 3.77. The zero-order valence-electron chi connectivity index (χ0n) is 10.3. The van der Waals surface area contributed by atoms with Crippen LogP contribution in [0.4, 0.5) is 0 Å². The fraction of sp³-hybridized carbons (Fsp3) is 0.571. The monoisotopic (exact) mass is 205 g/mol. The number of benzene rings is 1. The predicted molar refractivity (Wildman–Crippen MR) is 66.9 cm³/mol. The van der Waals surface area contributed by atoms with Crippen molar-refractivity contribution in [2.45, 2.75) is 46.2 Å². The summed E-state index contributed by atoms with van der Waals surface area (Å²) >= 11 is 0. The molecule has 1 aromatic rings. The largest absolute Gasteiger partial charge is 0.307 e. The molecule has 1 heteroatoms. The second-order valence-corrected chi connectivity index (χ2v) is 4.56. The third kappa shape index (κ3) is 3.67. The molecule has 84 valence electrons. The average molecular weight is 205 g/mol. The summed E-state index contributed by atoms with van der Waals surface area (Å²) in [7, 11) is 0. The Hall–Kier alpha value is -0.820. The van der Waals surface area contributed by atoms with Crippen molar-refractivity contribution in [3.63, 3.8) is 0 Å². The highest BCUT2D eigenvalue weighted by atomic mass is 14.9. The minimum Gasteiger partial charge on any atom is -0.307 e. The lowest BCUT2D eigenvalue weighted by molar-refractivity contribution is 0.356. The molecular weight excluding hydrogens is 182 g/mol. The van der Waals surface area contributed by atoms with Crippen molar-refractivity contribution < 1.29 is 0 Å². The van der Waals surface area contributed by atoms with Gasteiger partial charge >= 0.3 is 0 Å². The minimum atomic E-state index is 0.443. The van der Waals surface area contributed by atoms with Gasteiger partial charge in [-0.1, -0.05) is 51.1 Å². The van der Waals surface area contributed by atoms with E-state index in [-0.39, 0.29) is 0 Å². The molecule has 1 nitrogen and oxygen atoms in total. The molecule has 1 unspecified atom stereocenters. The van der Waals surface area contributed by atoms with Gasteiger partial charge in [-0.25, -0.2) is 0 Å². The van der Waals surface area contributed by atoms with Crippen LogP contribution in [0.2, 0.25) is 0 Å². The molecule has 15 heavy (non-hydrogen) atoms. The number of rotatable bonds is 5. The molecule has 0 heterocycles. The van der Waals surface area contributed by atoms with Gasteiger partial charge in [0.15, 0.2) is 0 Å². The molecule has 0 saturated heterocycles. The lowest BCUT2D eigenvalue weighted by Crippen LogP contribution is -2.35. The van der Waals surface area contributed by atoms with Crippen molar-refractivity contribution in [3.8, 4) is 0 Å². The van der Waals surface area contributed by atoms with Gasteiger partial charge in [0.1, 0.15) is 0 Å². The normalized spacial score (nSPS) is 15.3. The number of hydrogen-bond donors (Lipinski definition) is 1. The van der Waals surface area contributed by atoms with E-state index in [1.807, 2.05) is 0 Å². The van der Waals surface area contributed by atoms with Crippen LogP contribution in [0, 0.1) is 5.92 Å². The summed E-state index contributed by atoms with van der Waals surface area (Å²) in [5.74, 6) is 0.696. The second-order valence-electron chi connectivity index (χ2n) is 4.56. The molecule has 0 aliphatic carbocycles. The first-order chi connectivity index (χ1) is 7.15. The van der Waals surface area contributed by atoms with Crippen LogP contribution < -0.4 is 5.32 Å². The molecule has 0 bridgehead atoms. The molecule has 0 radical (unpaired) electrons. The van der Waals surface area contributed by atoms with Crippen molar-refractivity contribution in [2.75, 3.05) is 0 Å². The average Bonchev–Trinajstić information content (AvgIpc) is 2.26. The molecule has 1 rings (SSSR count). The smallest absolute Gasteiger partial charge is 0.0294 e. The van der Waals surface area contributed by atoms with E-state index in [0.717, 1.165) is 0 Å². The molecule has 1 N–H and O–H groups in total. The van der Waals surface area contributed by atoms with Gasteiger partial charge in [0.2, 0.25) is 0 Å². The Bertz CT molecular complexity index is 266. The Morgan fingerprint density at radius 3 is 2.13 bits per heavy atom. The number of hydrogen-bond acceptors (Lipinski definition) is 1. The SMILES string of the molecule is CCC(N[C@@H](C)c1ccccc1)C(C)C. The highest BCUT2D eigenvalue weighted by Crippen LogP contribution is 2.15. The van der Waals surface area contributed by atoms with Crippen LogP contribution in [0.5, 0.6) is 0 Å². The minimum absolute atomic E-state index is 0.443. The maximum atomic E-state index is 3.68. The Morgan fingerprint density at radius 2 is 1.67 bits per heavy atom. The van der Waals surface area contributed by atoms with Crippen molar-refractivity contribution >= 4 is 0 Å². The van der Waals surface area contributed by atoms with Crippen molar-refractivity contribution in [2.24, 2.45) is 5.92 Å². The van der Waals surface area contributed by atoms with Crippen LogP contribution in [0.1, 0.15) is 45.7 Å². The summed E-state index contributed by atoms with van der Waals surface area (Å²) < 4.78 is 0. The lowest BCUT2D eigenvalue weighted by atomic mass is 9.99. The summed E-state index contributed by atoms with van der Waals surface area (Å²) in [6, 6.07) is 11.7. The van der Waals surface area contributed by atoms with E-state index in [4.69, 9.17) is 0 Å². The zero-order valence-corrected chi connectivity index (χ0v) is 10.3. The first-order valence-electron chi connectivity index (χ1n) is 5.96. The van der Waals surface area contributed by atoms with E-state index in [9.17, 15) is 0 Å². The lowest BCUT2D eigenvalue weighted by Gasteiger charge is -2.25. The van der Waals surface area contributed by atoms with Gasteiger partial charge in [-0.05, 0) is 24.8 Å². The van der Waals surface area contributed by atoms with Crippen LogP contribution in [0.15, 0.2) is 30.3 Å². The standard InChI is InChI=1S/C14H23N/c1-5-14(11(2)3)15-12(4)13-9-7-6-8-10-13/h6-12,14-15H,5H2,1-4H3/t12-,14?/m0/s1. The van der Waals surface area contributed by atoms with Gasteiger partial charge < -0.3 is 5.32 Å². The van der Waals surface area contributed by atoms with Crippen molar-refractivity contribution in [3.05, 3.63) is 35.9 Å². The fourth-order valence-corrected chi connectivity index (χ4v) is 1.94. The van der Waals surface area contributed by atoms with Crippen LogP contribution >= 0.6 is 0 Å². The molecule has 0 amide bonds. The molecule has 0 saturated carbocycles. The maximum absolute atomic E-state index is 3.68. The summed E-state index contributed by atoms with van der Waals surface area (Å²) in [5, 5.41) is 3.68. The first kappa shape index (κ1) is 12.3. The Morgan fingerprint density at radius 1 is 1.07 bits per heavy atom. The van der Waals surface area contributed by atoms with E-state index in [1.54, 1.807) is 0 Å². The van der Waals surface area contributed by atoms with Crippen LogP contribution in [0.25, 0.3) is 0 Å². The van der Waals surface area contributed by atoms with Crippen molar-refractivity contribution in [1.29, 1.82) is 0 Å². The Balaban J connectivity index is 2.58. The van der Waals surface area contributed by atoms with E-state index in [1.165, 1.54) is 12.0 Å². The fourth-order valence-electron chi connectivity index (χ4n) is 1.94. The number of nitrogens with one attached hydrogen (secondary N) is 1. The van der Waals surface area contributed by atoms with E-state index >= 15 is 0 Å². The van der Waals surface area contributed by atoms with Gasteiger partial charge in [0, 0.05) is 12.1 Å². The summed E-state index contributed by atoms with van der Waals surface area (Å²) in [6.45, 7) is 9.04. The van der Waals surface area contributed by atoms with Gasteiger partial charge in [-0.15, -0.1) is 0 Å². The molecule has 0 aliphatic rings. The Kier molecular flexibility index (Phi) is 4.83. The quantitative estimate of drug-likeness (QED) is 0.771. The Labute approximate surface area is 93.9 Å². The summed E-state index contributed by atoms with van der Waals surface area (Å²) in [5.41, 5.74) is 1.37. The zero-order chi connectivity index (χ0) is 11.3. The molecule has 2 atom stereocenters. The topological polar surface area (TPSA) is 12.0 Å². The summed E-state index contributed by atoms with van der Waals surface area (Å²) in [4.78, 5) is 0. The highest BCUT2D eigenvalue weighted by molar-refractivity contribution is 5.18. The van der Waals surface area contributed by atoms with Gasteiger partial charge in [0.05, 0.1) is 0 Å². The molecule has 0 spiro atoms. The van der Waals surface area contributed by atoms with Gasteiger partial charge in [0.25, 0.3) is 0 Å². The van der Waals surface area contributed by atoms with Crippen LogP contribution in [0.3, 0.4) is 0 Å².